The number of likely N-dealkylation sites (N-methyl/N-ethyl adjacent to an activating group) is 2. The van der Waals surface area contributed by atoms with Crippen molar-refractivity contribution in [3.63, 3.8) is 0 Å². The molecule has 0 aliphatic carbocycles. The fraction of sp³-hybridized carbons (Fsp3) is 0.409. The highest BCUT2D eigenvalue weighted by Crippen LogP contribution is 2.54. The van der Waals surface area contributed by atoms with E-state index in [-0.39, 0.29) is 16.2 Å². The van der Waals surface area contributed by atoms with E-state index in [4.69, 9.17) is 4.74 Å². The zero-order chi connectivity index (χ0) is 20.1. The molecule has 1 amide bonds. The van der Waals surface area contributed by atoms with Gasteiger partial charge in [-0.1, -0.05) is 25.1 Å². The molecule has 2 aromatic rings. The third-order valence-corrected chi connectivity index (χ3v) is 6.34. The van der Waals surface area contributed by atoms with Crippen molar-refractivity contribution in [3.8, 4) is 5.75 Å². The Bertz CT molecular complexity index is 927. The smallest absolute Gasteiger partial charge is 0.417 e. The van der Waals surface area contributed by atoms with Gasteiger partial charge < -0.3 is 19.5 Å². The first-order chi connectivity index (χ1) is 13.3. The molecule has 2 heterocycles. The molecular weight excluding hydrogens is 354 g/mol. The van der Waals surface area contributed by atoms with Gasteiger partial charge in [-0.25, -0.2) is 4.79 Å². The number of fused-ring (bicyclic) bond motifs is 3. The van der Waals surface area contributed by atoms with Crippen molar-refractivity contribution in [3.05, 3.63) is 58.8 Å². The van der Waals surface area contributed by atoms with Crippen LogP contribution in [0.4, 0.5) is 16.2 Å². The Kier molecular flexibility index (Phi) is 4.36. The standard InChI is InChI=1S/C22H27N3O3/c1-5-15-8-6-7-9-18(15)23-21(26)28-16-10-11-19-17(14-16)22(2)12-13-25(4,27)20(22)24(19)3/h6-11,14,20H,5,12-13H2,1-4H3,(H,23,26)/t20-,22-,25+/m0/s1. The Morgan fingerprint density at radius 3 is 2.86 bits per heavy atom. The predicted octanol–water partition coefficient (Wildman–Crippen LogP) is 4.24. The molecule has 28 heavy (non-hydrogen) atoms. The molecule has 2 aromatic carbocycles. The van der Waals surface area contributed by atoms with Crippen LogP contribution in [-0.4, -0.2) is 37.5 Å². The second-order valence-electron chi connectivity index (χ2n) is 8.25. The third kappa shape index (κ3) is 2.84. The van der Waals surface area contributed by atoms with Crippen LogP contribution < -0.4 is 15.0 Å². The van der Waals surface area contributed by atoms with Gasteiger partial charge in [-0.3, -0.25) is 5.32 Å². The number of likely N-dealkylation sites (tertiary alicyclic amines) is 1. The first-order valence-corrected chi connectivity index (χ1v) is 9.76. The van der Waals surface area contributed by atoms with E-state index in [1.54, 1.807) is 13.1 Å². The van der Waals surface area contributed by atoms with Crippen LogP contribution >= 0.6 is 0 Å². The van der Waals surface area contributed by atoms with Crippen molar-refractivity contribution in [2.75, 3.05) is 30.9 Å². The molecular formula is C22H27N3O3. The molecule has 6 nitrogen and oxygen atoms in total. The number of quaternary nitrogens is 1. The molecule has 3 atom stereocenters. The van der Waals surface area contributed by atoms with Crippen molar-refractivity contribution < 1.29 is 14.2 Å². The van der Waals surface area contributed by atoms with E-state index < -0.39 is 6.09 Å². The van der Waals surface area contributed by atoms with Gasteiger partial charge in [0.05, 0.1) is 19.0 Å². The zero-order valence-corrected chi connectivity index (χ0v) is 16.9. The highest BCUT2D eigenvalue weighted by molar-refractivity contribution is 5.87. The Labute approximate surface area is 165 Å². The topological polar surface area (TPSA) is 64.6 Å². The molecule has 148 valence electrons. The third-order valence-electron chi connectivity index (χ3n) is 6.34. The van der Waals surface area contributed by atoms with E-state index >= 15 is 0 Å². The lowest BCUT2D eigenvalue weighted by molar-refractivity contribution is -0.874. The molecule has 1 N–H and O–H groups in total. The summed E-state index contributed by atoms with van der Waals surface area (Å²) in [6.07, 6.45) is 0.982. The summed E-state index contributed by atoms with van der Waals surface area (Å²) in [4.78, 5) is 14.5. The van der Waals surface area contributed by atoms with Gasteiger partial charge in [-0.15, -0.1) is 0 Å². The first-order valence-electron chi connectivity index (χ1n) is 9.76. The fourth-order valence-electron chi connectivity index (χ4n) is 5.04. The van der Waals surface area contributed by atoms with Crippen molar-refractivity contribution in [2.24, 2.45) is 0 Å². The van der Waals surface area contributed by atoms with E-state index in [9.17, 15) is 10.0 Å². The van der Waals surface area contributed by atoms with Crippen LogP contribution in [0, 0.1) is 5.21 Å². The monoisotopic (exact) mass is 381 g/mol. The molecule has 0 spiro atoms. The number of aryl methyl sites for hydroxylation is 1. The van der Waals surface area contributed by atoms with E-state index in [2.05, 4.69) is 17.1 Å². The van der Waals surface area contributed by atoms with Crippen LogP contribution in [0.15, 0.2) is 42.5 Å². The van der Waals surface area contributed by atoms with Crippen molar-refractivity contribution in [1.82, 2.24) is 0 Å². The van der Waals surface area contributed by atoms with Crippen LogP contribution in [-0.2, 0) is 11.8 Å². The maximum Gasteiger partial charge on any atom is 0.417 e. The number of nitrogens with zero attached hydrogens (tertiary/aromatic N) is 2. The summed E-state index contributed by atoms with van der Waals surface area (Å²) in [5, 5.41) is 15.8. The molecule has 4 rings (SSSR count). The first kappa shape index (κ1) is 18.8. The Morgan fingerprint density at radius 2 is 2.11 bits per heavy atom. The van der Waals surface area contributed by atoms with Gasteiger partial charge >= 0.3 is 6.09 Å². The molecule has 1 fully saturated rings. The lowest BCUT2D eigenvalue weighted by Gasteiger charge is -2.44. The van der Waals surface area contributed by atoms with E-state index in [0.717, 1.165) is 35.3 Å². The number of amides is 1. The number of nitrogens with one attached hydrogen (secondary N) is 1. The summed E-state index contributed by atoms with van der Waals surface area (Å²) in [6, 6.07) is 13.4. The SMILES string of the molecule is CCc1ccccc1NC(=O)Oc1ccc2c(c1)[C@]1(C)CC[N@@+](C)([O-])[C@@H]1N2C. The maximum absolute atomic E-state index is 12.9. The molecule has 0 bridgehead atoms. The lowest BCUT2D eigenvalue weighted by atomic mass is 9.81. The average Bonchev–Trinajstić information content (AvgIpc) is 3.04. The highest BCUT2D eigenvalue weighted by atomic mass is 16.6. The molecule has 2 aliphatic rings. The van der Waals surface area contributed by atoms with Gasteiger partial charge in [0.1, 0.15) is 5.75 Å². The molecule has 0 saturated carbocycles. The summed E-state index contributed by atoms with van der Waals surface area (Å²) in [5.41, 5.74) is 3.70. The Balaban J connectivity index is 1.57. The van der Waals surface area contributed by atoms with Gasteiger partial charge in [0.25, 0.3) is 0 Å². The number of benzene rings is 2. The minimum Gasteiger partial charge on any atom is -0.631 e. The number of para-hydroxylation sites is 1. The van der Waals surface area contributed by atoms with Crippen LogP contribution in [0.2, 0.25) is 0 Å². The van der Waals surface area contributed by atoms with Gasteiger partial charge in [-0.2, -0.15) is 0 Å². The van der Waals surface area contributed by atoms with Crippen molar-refractivity contribution in [1.29, 1.82) is 0 Å². The highest BCUT2D eigenvalue weighted by Gasteiger charge is 2.58. The number of rotatable bonds is 3. The van der Waals surface area contributed by atoms with Crippen LogP contribution in [0.3, 0.4) is 0 Å². The van der Waals surface area contributed by atoms with Crippen molar-refractivity contribution in [2.45, 2.75) is 38.3 Å². The van der Waals surface area contributed by atoms with Crippen LogP contribution in [0.25, 0.3) is 0 Å². The summed E-state index contributed by atoms with van der Waals surface area (Å²) >= 11 is 0. The molecule has 1 saturated heterocycles. The summed E-state index contributed by atoms with van der Waals surface area (Å²) in [7, 11) is 3.72. The number of ether oxygens (including phenoxy) is 1. The predicted molar refractivity (Wildman–Crippen MR) is 110 cm³/mol. The second-order valence-corrected chi connectivity index (χ2v) is 8.25. The molecule has 0 radical (unpaired) electrons. The number of hydrogen-bond donors (Lipinski definition) is 1. The van der Waals surface area contributed by atoms with Gasteiger partial charge in [-0.05, 0) is 48.7 Å². The normalized spacial score (nSPS) is 28.0. The molecule has 2 aliphatic heterocycles. The summed E-state index contributed by atoms with van der Waals surface area (Å²) in [6.45, 7) is 4.77. The molecule has 0 unspecified atom stereocenters. The Hall–Kier alpha value is -2.57. The Morgan fingerprint density at radius 1 is 1.36 bits per heavy atom. The van der Waals surface area contributed by atoms with E-state index in [0.29, 0.717) is 12.3 Å². The largest absolute Gasteiger partial charge is 0.631 e. The minimum absolute atomic E-state index is 0.150. The fourth-order valence-corrected chi connectivity index (χ4v) is 5.04. The van der Waals surface area contributed by atoms with Crippen LogP contribution in [0.5, 0.6) is 5.75 Å². The van der Waals surface area contributed by atoms with Gasteiger partial charge in [0.15, 0.2) is 6.17 Å². The number of carbonyl (C=O) groups is 1. The van der Waals surface area contributed by atoms with E-state index in [1.807, 2.05) is 50.4 Å². The van der Waals surface area contributed by atoms with Crippen LogP contribution in [0.1, 0.15) is 31.4 Å². The lowest BCUT2D eigenvalue weighted by Crippen LogP contribution is -2.54. The zero-order valence-electron chi connectivity index (χ0n) is 16.9. The summed E-state index contributed by atoms with van der Waals surface area (Å²) in [5.74, 6) is 0.493. The number of hydrogen-bond acceptors (Lipinski definition) is 4. The quantitative estimate of drug-likeness (QED) is 0.638. The van der Waals surface area contributed by atoms with Gasteiger partial charge in [0, 0.05) is 24.8 Å². The van der Waals surface area contributed by atoms with Crippen molar-refractivity contribution >= 4 is 17.5 Å². The second kappa shape index (κ2) is 6.50. The maximum atomic E-state index is 12.9. The number of carbonyl (C=O) groups excluding carboxylic acids is 1. The van der Waals surface area contributed by atoms with Gasteiger partial charge in [0.2, 0.25) is 0 Å². The molecule has 6 heteroatoms. The number of anilines is 2. The number of hydroxylamine groups is 3. The summed E-state index contributed by atoms with van der Waals surface area (Å²) < 4.78 is 5.30. The van der Waals surface area contributed by atoms with E-state index in [1.165, 1.54) is 0 Å². The minimum atomic E-state index is -0.509. The molecule has 0 aromatic heterocycles. The average molecular weight is 381 g/mol.